The van der Waals surface area contributed by atoms with Crippen molar-refractivity contribution in [3.8, 4) is 0 Å². The molecule has 0 saturated carbocycles. The SMILES string of the molecule is CNS(=O)(=O)c1ccc2c(c1)CCOC2CCCS(=O)(=O)O. The third-order valence-electron chi connectivity index (χ3n) is 3.60. The molecule has 1 atom stereocenters. The summed E-state index contributed by atoms with van der Waals surface area (Å²) in [6.45, 7) is 0.451. The van der Waals surface area contributed by atoms with Crippen molar-refractivity contribution in [1.82, 2.24) is 4.72 Å². The van der Waals surface area contributed by atoms with E-state index in [1.54, 1.807) is 12.1 Å². The third kappa shape index (κ3) is 4.26. The lowest BCUT2D eigenvalue weighted by molar-refractivity contribution is 0.0361. The molecule has 0 fully saturated rings. The van der Waals surface area contributed by atoms with Gasteiger partial charge in [0.15, 0.2) is 0 Å². The summed E-state index contributed by atoms with van der Waals surface area (Å²) < 4.78 is 61.8. The van der Waals surface area contributed by atoms with Crippen LogP contribution < -0.4 is 4.72 Å². The molecule has 1 aliphatic rings. The number of benzene rings is 1. The first-order valence-electron chi connectivity index (χ1n) is 6.86. The maximum Gasteiger partial charge on any atom is 0.264 e. The number of ether oxygens (including phenoxy) is 1. The van der Waals surface area contributed by atoms with E-state index < -0.39 is 20.1 Å². The van der Waals surface area contributed by atoms with E-state index in [4.69, 9.17) is 9.29 Å². The van der Waals surface area contributed by atoms with Gasteiger partial charge in [0.2, 0.25) is 10.0 Å². The van der Waals surface area contributed by atoms with Crippen LogP contribution >= 0.6 is 0 Å². The topological polar surface area (TPSA) is 110 Å². The second-order valence-electron chi connectivity index (χ2n) is 5.11. The Balaban J connectivity index is 2.18. The van der Waals surface area contributed by atoms with Gasteiger partial charge in [-0.2, -0.15) is 8.42 Å². The number of sulfonamides is 1. The Hall–Kier alpha value is -1.00. The van der Waals surface area contributed by atoms with Crippen molar-refractivity contribution in [2.24, 2.45) is 0 Å². The van der Waals surface area contributed by atoms with Gasteiger partial charge in [-0.25, -0.2) is 13.1 Å². The minimum absolute atomic E-state index is 0.201. The highest BCUT2D eigenvalue weighted by Gasteiger charge is 2.23. The van der Waals surface area contributed by atoms with Crippen LogP contribution in [0.4, 0.5) is 0 Å². The smallest absolute Gasteiger partial charge is 0.264 e. The van der Waals surface area contributed by atoms with E-state index in [-0.39, 0.29) is 23.2 Å². The van der Waals surface area contributed by atoms with Gasteiger partial charge in [0.25, 0.3) is 10.1 Å². The van der Waals surface area contributed by atoms with E-state index in [0.29, 0.717) is 19.4 Å². The van der Waals surface area contributed by atoms with Crippen molar-refractivity contribution in [1.29, 1.82) is 0 Å². The molecule has 1 heterocycles. The number of hydrogen-bond acceptors (Lipinski definition) is 5. The highest BCUT2D eigenvalue weighted by molar-refractivity contribution is 7.89. The highest BCUT2D eigenvalue weighted by atomic mass is 32.2. The first-order chi connectivity index (χ1) is 10.2. The van der Waals surface area contributed by atoms with Gasteiger partial charge in [0.05, 0.1) is 23.4 Å². The van der Waals surface area contributed by atoms with Gasteiger partial charge in [0, 0.05) is 0 Å². The zero-order valence-electron chi connectivity index (χ0n) is 12.1. The van der Waals surface area contributed by atoms with Crippen LogP contribution in [0, 0.1) is 0 Å². The zero-order chi connectivity index (χ0) is 16.4. The van der Waals surface area contributed by atoms with Gasteiger partial charge in [-0.15, -0.1) is 0 Å². The Morgan fingerprint density at radius 1 is 1.32 bits per heavy atom. The van der Waals surface area contributed by atoms with E-state index in [9.17, 15) is 16.8 Å². The van der Waals surface area contributed by atoms with E-state index in [1.807, 2.05) is 0 Å². The molecule has 2 rings (SSSR count). The number of hydrogen-bond donors (Lipinski definition) is 2. The predicted molar refractivity (Wildman–Crippen MR) is 80.7 cm³/mol. The second-order valence-corrected chi connectivity index (χ2v) is 8.56. The van der Waals surface area contributed by atoms with Gasteiger partial charge >= 0.3 is 0 Å². The Bertz CT molecular complexity index is 742. The van der Waals surface area contributed by atoms with Crippen molar-refractivity contribution in [3.63, 3.8) is 0 Å². The molecular weight excluding hydrogens is 330 g/mol. The van der Waals surface area contributed by atoms with E-state index in [1.165, 1.54) is 13.1 Å². The largest absolute Gasteiger partial charge is 0.373 e. The molecule has 0 bridgehead atoms. The van der Waals surface area contributed by atoms with E-state index in [2.05, 4.69) is 4.72 Å². The zero-order valence-corrected chi connectivity index (χ0v) is 13.8. The molecule has 1 aromatic rings. The summed E-state index contributed by atoms with van der Waals surface area (Å²) in [5.74, 6) is -0.311. The summed E-state index contributed by atoms with van der Waals surface area (Å²) in [5.41, 5.74) is 1.76. The van der Waals surface area contributed by atoms with Crippen molar-refractivity contribution in [3.05, 3.63) is 29.3 Å². The van der Waals surface area contributed by atoms with Crippen LogP contribution in [0.3, 0.4) is 0 Å². The van der Waals surface area contributed by atoms with Crippen LogP contribution in [0.1, 0.15) is 30.1 Å². The Kier molecular flexibility index (Phi) is 5.23. The summed E-state index contributed by atoms with van der Waals surface area (Å²) in [5, 5.41) is 0. The molecule has 1 aliphatic heterocycles. The summed E-state index contributed by atoms with van der Waals surface area (Å²) >= 11 is 0. The number of nitrogens with one attached hydrogen (secondary N) is 1. The minimum atomic E-state index is -3.97. The first-order valence-corrected chi connectivity index (χ1v) is 9.95. The lowest BCUT2D eigenvalue weighted by Crippen LogP contribution is -2.21. The molecule has 22 heavy (non-hydrogen) atoms. The average molecular weight is 349 g/mol. The quantitative estimate of drug-likeness (QED) is 0.738. The summed E-state index contributed by atoms with van der Waals surface area (Å²) in [4.78, 5) is 0.201. The van der Waals surface area contributed by atoms with E-state index >= 15 is 0 Å². The van der Waals surface area contributed by atoms with Crippen LogP contribution in [-0.4, -0.2) is 40.8 Å². The van der Waals surface area contributed by atoms with Crippen molar-refractivity contribution < 1.29 is 26.1 Å². The molecule has 0 aliphatic carbocycles. The molecule has 0 amide bonds. The molecule has 0 spiro atoms. The molecule has 1 aromatic carbocycles. The predicted octanol–water partition coefficient (Wildman–Crippen LogP) is 0.877. The minimum Gasteiger partial charge on any atom is -0.373 e. The molecule has 0 radical (unpaired) electrons. The average Bonchev–Trinajstić information content (AvgIpc) is 2.45. The molecule has 0 saturated heterocycles. The number of rotatable bonds is 6. The number of fused-ring (bicyclic) bond motifs is 1. The van der Waals surface area contributed by atoms with Gasteiger partial charge < -0.3 is 4.74 Å². The van der Waals surface area contributed by atoms with Gasteiger partial charge in [0.1, 0.15) is 0 Å². The maximum atomic E-state index is 11.8. The molecule has 124 valence electrons. The summed E-state index contributed by atoms with van der Waals surface area (Å²) in [6.07, 6.45) is 1.05. The lowest BCUT2D eigenvalue weighted by atomic mass is 9.95. The summed E-state index contributed by atoms with van der Waals surface area (Å²) in [7, 11) is -6.11. The van der Waals surface area contributed by atoms with Gasteiger partial charge in [-0.1, -0.05) is 6.07 Å². The van der Waals surface area contributed by atoms with Crippen molar-refractivity contribution >= 4 is 20.1 Å². The van der Waals surface area contributed by atoms with Crippen LogP contribution in [0.15, 0.2) is 23.1 Å². The summed E-state index contributed by atoms with van der Waals surface area (Å²) in [6, 6.07) is 4.84. The fraction of sp³-hybridized carbons (Fsp3) is 0.538. The molecule has 2 N–H and O–H groups in total. The fourth-order valence-corrected chi connectivity index (χ4v) is 3.80. The molecule has 1 unspecified atom stereocenters. The van der Waals surface area contributed by atoms with Crippen LogP contribution in [-0.2, 0) is 31.3 Å². The molecule has 0 aromatic heterocycles. The molecule has 9 heteroatoms. The maximum absolute atomic E-state index is 11.8. The first kappa shape index (κ1) is 17.4. The molecular formula is C13H19NO6S2. The van der Waals surface area contributed by atoms with Crippen molar-refractivity contribution in [2.75, 3.05) is 19.4 Å². The Morgan fingerprint density at radius 2 is 2.05 bits per heavy atom. The van der Waals surface area contributed by atoms with Crippen LogP contribution in [0.25, 0.3) is 0 Å². The standard InChI is InChI=1S/C13H19NO6S2/c1-14-22(18,19)11-4-5-12-10(9-11)6-7-20-13(12)3-2-8-21(15,16)17/h4-5,9,13-14H,2-3,6-8H2,1H3,(H,15,16,17). The van der Waals surface area contributed by atoms with Gasteiger partial charge in [-0.05, 0) is 49.6 Å². The van der Waals surface area contributed by atoms with E-state index in [0.717, 1.165) is 11.1 Å². The monoisotopic (exact) mass is 349 g/mol. The molecule has 7 nitrogen and oxygen atoms in total. The Labute approximate surface area is 130 Å². The Morgan fingerprint density at radius 3 is 2.68 bits per heavy atom. The fourth-order valence-electron chi connectivity index (χ4n) is 2.49. The van der Waals surface area contributed by atoms with Crippen molar-refractivity contribution in [2.45, 2.75) is 30.3 Å². The van der Waals surface area contributed by atoms with Gasteiger partial charge in [-0.3, -0.25) is 4.55 Å². The van der Waals surface area contributed by atoms with Crippen LogP contribution in [0.2, 0.25) is 0 Å². The highest BCUT2D eigenvalue weighted by Crippen LogP contribution is 2.32. The lowest BCUT2D eigenvalue weighted by Gasteiger charge is -2.26. The second kappa shape index (κ2) is 6.63. The van der Waals surface area contributed by atoms with Crippen LogP contribution in [0.5, 0.6) is 0 Å². The third-order valence-corrected chi connectivity index (χ3v) is 5.82. The normalized spacial score (nSPS) is 18.9.